The van der Waals surface area contributed by atoms with Crippen LogP contribution in [0, 0.1) is 13.8 Å². The van der Waals surface area contributed by atoms with Gasteiger partial charge in [0.15, 0.2) is 0 Å². The molecule has 16 heavy (non-hydrogen) atoms. The fourth-order valence-electron chi connectivity index (χ4n) is 1.90. The van der Waals surface area contributed by atoms with Crippen LogP contribution in [-0.2, 0) is 6.54 Å². The van der Waals surface area contributed by atoms with E-state index in [1.165, 1.54) is 11.1 Å². The lowest BCUT2D eigenvalue weighted by Gasteiger charge is -2.13. The smallest absolute Gasteiger partial charge is 0.0969 e. The predicted octanol–water partition coefficient (Wildman–Crippen LogP) is 2.23. The van der Waals surface area contributed by atoms with Crippen molar-refractivity contribution in [1.82, 2.24) is 9.55 Å². The van der Waals surface area contributed by atoms with Crippen LogP contribution in [0.3, 0.4) is 0 Å². The molecule has 0 bridgehead atoms. The fraction of sp³-hybridized carbons (Fsp3) is 0.308. The summed E-state index contributed by atoms with van der Waals surface area (Å²) in [6.45, 7) is 4.63. The average molecular weight is 216 g/mol. The van der Waals surface area contributed by atoms with Crippen LogP contribution in [0.15, 0.2) is 36.9 Å². The summed E-state index contributed by atoms with van der Waals surface area (Å²) in [5.74, 6) is 0. The molecule has 84 valence electrons. The topological polar surface area (TPSA) is 38.0 Å². The van der Waals surface area contributed by atoms with Gasteiger partial charge in [-0.3, -0.25) is 0 Å². The molecule has 2 aromatic rings. The summed E-state index contributed by atoms with van der Waals surface area (Å²) in [4.78, 5) is 3.96. The molecule has 0 aliphatic heterocycles. The zero-order valence-electron chi connectivity index (χ0n) is 9.59. The van der Waals surface area contributed by atoms with Crippen molar-refractivity contribution in [2.75, 3.05) is 0 Å². The lowest BCUT2D eigenvalue weighted by Crippen LogP contribution is -2.07. The first-order chi connectivity index (χ1) is 7.65. The molecule has 3 nitrogen and oxygen atoms in total. The molecule has 0 fully saturated rings. The van der Waals surface area contributed by atoms with Gasteiger partial charge in [0.05, 0.1) is 19.0 Å². The lowest BCUT2D eigenvalue weighted by atomic mass is 10.0. The summed E-state index contributed by atoms with van der Waals surface area (Å²) in [5, 5.41) is 10.1. The SMILES string of the molecule is Cc1cc(C)cc(C(O)Cn2ccnc2)c1. The van der Waals surface area contributed by atoms with Crippen molar-refractivity contribution < 1.29 is 5.11 Å². The van der Waals surface area contributed by atoms with Gasteiger partial charge in [-0.15, -0.1) is 0 Å². The van der Waals surface area contributed by atoms with Gasteiger partial charge in [-0.1, -0.05) is 29.3 Å². The third kappa shape index (κ3) is 2.49. The average Bonchev–Trinajstić information content (AvgIpc) is 2.68. The van der Waals surface area contributed by atoms with Gasteiger partial charge < -0.3 is 9.67 Å². The minimum Gasteiger partial charge on any atom is -0.387 e. The van der Waals surface area contributed by atoms with Gasteiger partial charge >= 0.3 is 0 Å². The molecule has 1 heterocycles. The summed E-state index contributed by atoms with van der Waals surface area (Å²) in [6.07, 6.45) is 4.80. The Morgan fingerprint density at radius 3 is 2.50 bits per heavy atom. The quantitative estimate of drug-likeness (QED) is 0.854. The van der Waals surface area contributed by atoms with Crippen LogP contribution in [0.25, 0.3) is 0 Å². The maximum absolute atomic E-state index is 10.1. The molecule has 0 aliphatic rings. The number of benzene rings is 1. The second kappa shape index (κ2) is 4.49. The molecule has 0 radical (unpaired) electrons. The number of hydrogen-bond donors (Lipinski definition) is 1. The highest BCUT2D eigenvalue weighted by atomic mass is 16.3. The van der Waals surface area contributed by atoms with E-state index in [1.807, 2.05) is 36.7 Å². The molecule has 2 rings (SSSR count). The number of rotatable bonds is 3. The van der Waals surface area contributed by atoms with Gasteiger partial charge in [0.25, 0.3) is 0 Å². The zero-order chi connectivity index (χ0) is 11.5. The number of nitrogens with zero attached hydrogens (tertiary/aromatic N) is 2. The van der Waals surface area contributed by atoms with E-state index in [-0.39, 0.29) is 0 Å². The molecule has 1 N–H and O–H groups in total. The van der Waals surface area contributed by atoms with E-state index in [0.29, 0.717) is 6.54 Å². The monoisotopic (exact) mass is 216 g/mol. The van der Waals surface area contributed by atoms with Gasteiger partial charge in [-0.25, -0.2) is 4.98 Å². The summed E-state index contributed by atoms with van der Waals surface area (Å²) in [6, 6.07) is 6.15. The Bertz CT molecular complexity index is 443. The summed E-state index contributed by atoms with van der Waals surface area (Å²) in [5.41, 5.74) is 3.32. The first-order valence-corrected chi connectivity index (χ1v) is 5.37. The van der Waals surface area contributed by atoms with E-state index in [1.54, 1.807) is 12.5 Å². The molecular formula is C13H16N2O. The van der Waals surface area contributed by atoms with Crippen molar-refractivity contribution in [3.8, 4) is 0 Å². The van der Waals surface area contributed by atoms with Crippen molar-refractivity contribution in [3.63, 3.8) is 0 Å². The fourth-order valence-corrected chi connectivity index (χ4v) is 1.90. The Labute approximate surface area is 95.4 Å². The maximum atomic E-state index is 10.1. The van der Waals surface area contributed by atoms with E-state index in [9.17, 15) is 5.11 Å². The second-order valence-electron chi connectivity index (χ2n) is 4.20. The highest BCUT2D eigenvalue weighted by molar-refractivity contribution is 5.29. The largest absolute Gasteiger partial charge is 0.387 e. The zero-order valence-corrected chi connectivity index (χ0v) is 9.59. The molecule has 3 heteroatoms. The van der Waals surface area contributed by atoms with Gasteiger partial charge in [0, 0.05) is 12.4 Å². The number of aryl methyl sites for hydroxylation is 2. The minimum absolute atomic E-state index is 0.479. The third-order valence-corrected chi connectivity index (χ3v) is 2.57. The summed E-state index contributed by atoms with van der Waals surface area (Å²) >= 11 is 0. The standard InChI is InChI=1S/C13H16N2O/c1-10-5-11(2)7-12(6-10)13(16)8-15-4-3-14-9-15/h3-7,9,13,16H,8H2,1-2H3. The molecule has 0 saturated heterocycles. The molecule has 0 amide bonds. The van der Waals surface area contributed by atoms with Crippen LogP contribution in [0.4, 0.5) is 0 Å². The Morgan fingerprint density at radius 2 is 1.94 bits per heavy atom. The Hall–Kier alpha value is -1.61. The van der Waals surface area contributed by atoms with Crippen LogP contribution in [0.5, 0.6) is 0 Å². The number of imidazole rings is 1. The van der Waals surface area contributed by atoms with Gasteiger partial charge in [-0.05, 0) is 19.4 Å². The number of aliphatic hydroxyl groups is 1. The van der Waals surface area contributed by atoms with Crippen LogP contribution in [-0.4, -0.2) is 14.7 Å². The van der Waals surface area contributed by atoms with Crippen molar-refractivity contribution in [2.24, 2.45) is 0 Å². The van der Waals surface area contributed by atoms with Crippen molar-refractivity contribution >= 4 is 0 Å². The Balaban J connectivity index is 2.17. The van der Waals surface area contributed by atoms with Crippen LogP contribution in [0.1, 0.15) is 22.8 Å². The van der Waals surface area contributed by atoms with Gasteiger partial charge in [0.2, 0.25) is 0 Å². The van der Waals surface area contributed by atoms with Crippen molar-refractivity contribution in [1.29, 1.82) is 0 Å². The minimum atomic E-state index is -0.479. The molecule has 1 aromatic heterocycles. The highest BCUT2D eigenvalue weighted by Gasteiger charge is 2.08. The predicted molar refractivity (Wildman–Crippen MR) is 63.1 cm³/mol. The Morgan fingerprint density at radius 1 is 1.25 bits per heavy atom. The van der Waals surface area contributed by atoms with E-state index in [4.69, 9.17) is 0 Å². The van der Waals surface area contributed by atoms with E-state index < -0.39 is 6.10 Å². The molecule has 0 spiro atoms. The normalized spacial score (nSPS) is 12.7. The van der Waals surface area contributed by atoms with Crippen LogP contribution < -0.4 is 0 Å². The Kier molecular flexibility index (Phi) is 3.06. The first-order valence-electron chi connectivity index (χ1n) is 5.37. The number of aromatic nitrogens is 2. The molecule has 1 aromatic carbocycles. The van der Waals surface area contributed by atoms with Gasteiger partial charge in [0.1, 0.15) is 0 Å². The van der Waals surface area contributed by atoms with Crippen LogP contribution >= 0.6 is 0 Å². The van der Waals surface area contributed by atoms with Gasteiger partial charge in [-0.2, -0.15) is 0 Å². The molecular weight excluding hydrogens is 200 g/mol. The van der Waals surface area contributed by atoms with Crippen molar-refractivity contribution in [3.05, 3.63) is 53.6 Å². The third-order valence-electron chi connectivity index (χ3n) is 2.57. The van der Waals surface area contributed by atoms with Crippen molar-refractivity contribution in [2.45, 2.75) is 26.5 Å². The van der Waals surface area contributed by atoms with E-state index in [2.05, 4.69) is 11.1 Å². The molecule has 1 unspecified atom stereocenters. The lowest BCUT2D eigenvalue weighted by molar-refractivity contribution is 0.156. The number of hydrogen-bond acceptors (Lipinski definition) is 2. The highest BCUT2D eigenvalue weighted by Crippen LogP contribution is 2.18. The first kappa shape index (κ1) is 10.9. The number of aliphatic hydroxyl groups excluding tert-OH is 1. The molecule has 0 saturated carbocycles. The maximum Gasteiger partial charge on any atom is 0.0969 e. The van der Waals surface area contributed by atoms with Crippen LogP contribution in [0.2, 0.25) is 0 Å². The van der Waals surface area contributed by atoms with E-state index >= 15 is 0 Å². The summed E-state index contributed by atoms with van der Waals surface area (Å²) < 4.78 is 1.88. The van der Waals surface area contributed by atoms with E-state index in [0.717, 1.165) is 5.56 Å². The second-order valence-corrected chi connectivity index (χ2v) is 4.20. The summed E-state index contributed by atoms with van der Waals surface area (Å²) in [7, 11) is 0. The molecule has 0 aliphatic carbocycles. The molecule has 1 atom stereocenters.